The van der Waals surface area contributed by atoms with Crippen molar-refractivity contribution < 1.29 is 9.53 Å². The van der Waals surface area contributed by atoms with Crippen molar-refractivity contribution in [2.75, 3.05) is 24.3 Å². The topological polar surface area (TPSA) is 55.6 Å². The SMILES string of the molecule is Cc1cc2c(c(C)c1N)N(C)C(=O)C(C)(C)CO2. The molecule has 4 nitrogen and oxygen atoms in total. The molecule has 1 aliphatic heterocycles. The number of benzene rings is 1. The minimum Gasteiger partial charge on any atom is -0.490 e. The van der Waals surface area contributed by atoms with Crippen LogP contribution in [0, 0.1) is 19.3 Å². The van der Waals surface area contributed by atoms with Crippen LogP contribution in [0.2, 0.25) is 0 Å². The van der Waals surface area contributed by atoms with E-state index in [-0.39, 0.29) is 5.91 Å². The number of carbonyl (C=O) groups excluding carboxylic acids is 1. The van der Waals surface area contributed by atoms with E-state index in [2.05, 4.69) is 0 Å². The van der Waals surface area contributed by atoms with Crippen molar-refractivity contribution in [3.05, 3.63) is 17.2 Å². The molecule has 0 saturated carbocycles. The van der Waals surface area contributed by atoms with Crippen LogP contribution in [-0.2, 0) is 4.79 Å². The number of carbonyl (C=O) groups is 1. The van der Waals surface area contributed by atoms with E-state index in [1.54, 1.807) is 11.9 Å². The lowest BCUT2D eigenvalue weighted by molar-refractivity contribution is -0.127. The number of aryl methyl sites for hydroxylation is 1. The first kappa shape index (κ1) is 12.7. The maximum atomic E-state index is 12.4. The molecular formula is C14H20N2O2. The summed E-state index contributed by atoms with van der Waals surface area (Å²) in [6.07, 6.45) is 0. The molecule has 2 N–H and O–H groups in total. The normalized spacial score (nSPS) is 18.1. The zero-order valence-electron chi connectivity index (χ0n) is 11.6. The van der Waals surface area contributed by atoms with E-state index in [9.17, 15) is 4.79 Å². The number of rotatable bonds is 0. The Kier molecular flexibility index (Phi) is 2.76. The summed E-state index contributed by atoms with van der Waals surface area (Å²) in [7, 11) is 1.78. The monoisotopic (exact) mass is 248 g/mol. The molecule has 1 heterocycles. The maximum Gasteiger partial charge on any atom is 0.235 e. The summed E-state index contributed by atoms with van der Waals surface area (Å²) in [4.78, 5) is 14.0. The minimum absolute atomic E-state index is 0.0487. The Labute approximate surface area is 108 Å². The largest absolute Gasteiger partial charge is 0.490 e. The standard InChI is InChI=1S/C14H20N2O2/c1-8-6-10-12(9(2)11(8)15)16(5)13(17)14(3,4)7-18-10/h6H,7,15H2,1-5H3. The van der Waals surface area contributed by atoms with Crippen LogP contribution in [0.3, 0.4) is 0 Å². The van der Waals surface area contributed by atoms with Gasteiger partial charge in [-0.15, -0.1) is 0 Å². The van der Waals surface area contributed by atoms with Gasteiger partial charge in [0, 0.05) is 12.7 Å². The Bertz CT molecular complexity index is 521. The lowest BCUT2D eigenvalue weighted by atomic mass is 9.93. The van der Waals surface area contributed by atoms with E-state index in [1.807, 2.05) is 33.8 Å². The van der Waals surface area contributed by atoms with E-state index in [0.29, 0.717) is 6.61 Å². The highest BCUT2D eigenvalue weighted by Crippen LogP contribution is 2.41. The fourth-order valence-electron chi connectivity index (χ4n) is 2.35. The summed E-state index contributed by atoms with van der Waals surface area (Å²) in [6, 6.07) is 1.91. The van der Waals surface area contributed by atoms with Crippen LogP contribution in [-0.4, -0.2) is 19.6 Å². The zero-order valence-corrected chi connectivity index (χ0v) is 11.6. The first-order chi connectivity index (χ1) is 8.25. The fourth-order valence-corrected chi connectivity index (χ4v) is 2.35. The second kappa shape index (κ2) is 3.90. The van der Waals surface area contributed by atoms with Gasteiger partial charge in [-0.1, -0.05) is 0 Å². The van der Waals surface area contributed by atoms with E-state index in [4.69, 9.17) is 10.5 Å². The van der Waals surface area contributed by atoms with Gasteiger partial charge in [0.2, 0.25) is 5.91 Å². The van der Waals surface area contributed by atoms with Crippen LogP contribution in [0.5, 0.6) is 5.75 Å². The molecule has 1 aromatic carbocycles. The van der Waals surface area contributed by atoms with Gasteiger partial charge in [-0.3, -0.25) is 4.79 Å². The molecule has 18 heavy (non-hydrogen) atoms. The van der Waals surface area contributed by atoms with Gasteiger partial charge in [0.1, 0.15) is 12.4 Å². The van der Waals surface area contributed by atoms with Crippen LogP contribution >= 0.6 is 0 Å². The maximum absolute atomic E-state index is 12.4. The van der Waals surface area contributed by atoms with Gasteiger partial charge in [-0.05, 0) is 44.9 Å². The number of hydrogen-bond acceptors (Lipinski definition) is 3. The molecule has 4 heteroatoms. The van der Waals surface area contributed by atoms with Gasteiger partial charge in [0.05, 0.1) is 11.1 Å². The Morgan fingerprint density at radius 3 is 2.61 bits per heavy atom. The highest BCUT2D eigenvalue weighted by atomic mass is 16.5. The number of nitrogens with two attached hydrogens (primary N) is 1. The molecule has 1 aromatic rings. The molecule has 0 spiro atoms. The van der Waals surface area contributed by atoms with Gasteiger partial charge in [0.15, 0.2) is 0 Å². The van der Waals surface area contributed by atoms with Gasteiger partial charge < -0.3 is 15.4 Å². The Hall–Kier alpha value is -1.71. The summed E-state index contributed by atoms with van der Waals surface area (Å²) in [5.41, 5.74) is 8.90. The smallest absolute Gasteiger partial charge is 0.235 e. The number of fused-ring (bicyclic) bond motifs is 1. The summed E-state index contributed by atoms with van der Waals surface area (Å²) in [5, 5.41) is 0. The second-order valence-electron chi connectivity index (χ2n) is 5.62. The number of nitrogens with zero attached hydrogens (tertiary/aromatic N) is 1. The van der Waals surface area contributed by atoms with Gasteiger partial charge in [0.25, 0.3) is 0 Å². The number of amides is 1. The average molecular weight is 248 g/mol. The summed E-state index contributed by atoms with van der Waals surface area (Å²) >= 11 is 0. The average Bonchev–Trinajstić information content (AvgIpc) is 2.38. The summed E-state index contributed by atoms with van der Waals surface area (Å²) in [5.74, 6) is 0.785. The quantitative estimate of drug-likeness (QED) is 0.716. The predicted octanol–water partition coefficient (Wildman–Crippen LogP) is 2.27. The first-order valence-corrected chi connectivity index (χ1v) is 6.06. The molecular weight excluding hydrogens is 228 g/mol. The highest BCUT2D eigenvalue weighted by molar-refractivity contribution is 6.00. The molecule has 0 unspecified atom stereocenters. The number of hydrogen-bond donors (Lipinski definition) is 1. The molecule has 0 aliphatic carbocycles. The predicted molar refractivity (Wildman–Crippen MR) is 73.0 cm³/mol. The molecule has 0 aromatic heterocycles. The third-order valence-corrected chi connectivity index (χ3v) is 3.57. The second-order valence-corrected chi connectivity index (χ2v) is 5.62. The first-order valence-electron chi connectivity index (χ1n) is 6.06. The molecule has 1 aliphatic rings. The molecule has 0 bridgehead atoms. The fraction of sp³-hybridized carbons (Fsp3) is 0.500. The Morgan fingerprint density at radius 2 is 2.00 bits per heavy atom. The van der Waals surface area contributed by atoms with E-state index in [0.717, 1.165) is 28.3 Å². The van der Waals surface area contributed by atoms with Crippen LogP contribution < -0.4 is 15.4 Å². The molecule has 98 valence electrons. The minimum atomic E-state index is -0.525. The Balaban J connectivity index is 2.66. The molecule has 1 amide bonds. The van der Waals surface area contributed by atoms with Crippen molar-refractivity contribution in [1.29, 1.82) is 0 Å². The van der Waals surface area contributed by atoms with E-state index >= 15 is 0 Å². The van der Waals surface area contributed by atoms with E-state index < -0.39 is 5.41 Å². The van der Waals surface area contributed by atoms with Crippen molar-refractivity contribution in [1.82, 2.24) is 0 Å². The molecule has 0 saturated heterocycles. The van der Waals surface area contributed by atoms with Gasteiger partial charge in [-0.2, -0.15) is 0 Å². The lowest BCUT2D eigenvalue weighted by Gasteiger charge is -2.25. The summed E-state index contributed by atoms with van der Waals surface area (Å²) in [6.45, 7) is 8.04. The van der Waals surface area contributed by atoms with Gasteiger partial charge >= 0.3 is 0 Å². The zero-order chi connectivity index (χ0) is 13.7. The van der Waals surface area contributed by atoms with Crippen molar-refractivity contribution in [3.63, 3.8) is 0 Å². The van der Waals surface area contributed by atoms with Crippen molar-refractivity contribution in [3.8, 4) is 5.75 Å². The van der Waals surface area contributed by atoms with Crippen LogP contribution in [0.25, 0.3) is 0 Å². The highest BCUT2D eigenvalue weighted by Gasteiger charge is 2.37. The Morgan fingerprint density at radius 1 is 1.39 bits per heavy atom. The molecule has 2 rings (SSSR count). The van der Waals surface area contributed by atoms with Crippen molar-refractivity contribution >= 4 is 17.3 Å². The lowest BCUT2D eigenvalue weighted by Crippen LogP contribution is -2.40. The van der Waals surface area contributed by atoms with Gasteiger partial charge in [-0.25, -0.2) is 0 Å². The van der Waals surface area contributed by atoms with E-state index in [1.165, 1.54) is 0 Å². The molecule has 0 atom stereocenters. The third kappa shape index (κ3) is 1.72. The third-order valence-electron chi connectivity index (χ3n) is 3.57. The molecule has 0 fully saturated rings. The molecule has 0 radical (unpaired) electrons. The number of anilines is 2. The van der Waals surface area contributed by atoms with Crippen LogP contribution in [0.15, 0.2) is 6.07 Å². The number of nitrogen functional groups attached to an aromatic ring is 1. The van der Waals surface area contributed by atoms with Crippen molar-refractivity contribution in [2.24, 2.45) is 5.41 Å². The van der Waals surface area contributed by atoms with Crippen molar-refractivity contribution in [2.45, 2.75) is 27.7 Å². The van der Waals surface area contributed by atoms with Crippen LogP contribution in [0.1, 0.15) is 25.0 Å². The summed E-state index contributed by atoms with van der Waals surface area (Å²) < 4.78 is 5.80. The van der Waals surface area contributed by atoms with Crippen LogP contribution in [0.4, 0.5) is 11.4 Å². The number of ether oxygens (including phenoxy) is 1.